The fraction of sp³-hybridized carbons (Fsp3) is 0.933. The Labute approximate surface area is 105 Å². The number of hydrogen-bond acceptors (Lipinski definition) is 2. The number of hydrogen-bond donors (Lipinski definition) is 0. The lowest BCUT2D eigenvalue weighted by atomic mass is 9.58. The zero-order chi connectivity index (χ0) is 12.7. The topological polar surface area (TPSA) is 26.3 Å². The normalized spacial score (nSPS) is 38.9. The van der Waals surface area contributed by atoms with Crippen molar-refractivity contribution in [2.45, 2.75) is 77.9 Å². The Kier molecular flexibility index (Phi) is 3.37. The summed E-state index contributed by atoms with van der Waals surface area (Å²) in [7, 11) is 0. The molecule has 0 bridgehead atoms. The summed E-state index contributed by atoms with van der Waals surface area (Å²) in [5.41, 5.74) is 0.163. The van der Waals surface area contributed by atoms with Crippen molar-refractivity contribution >= 4 is 5.78 Å². The largest absolute Gasteiger partial charge is 0.372 e. The lowest BCUT2D eigenvalue weighted by Crippen LogP contribution is -2.49. The highest BCUT2D eigenvalue weighted by Gasteiger charge is 2.48. The summed E-state index contributed by atoms with van der Waals surface area (Å²) in [5, 5.41) is 0. The van der Waals surface area contributed by atoms with Crippen molar-refractivity contribution in [2.24, 2.45) is 11.3 Å². The van der Waals surface area contributed by atoms with Crippen LogP contribution in [-0.4, -0.2) is 17.5 Å². The molecule has 0 saturated heterocycles. The van der Waals surface area contributed by atoms with Gasteiger partial charge in [-0.1, -0.05) is 13.3 Å². The molecule has 2 aliphatic rings. The minimum Gasteiger partial charge on any atom is -0.372 e. The van der Waals surface area contributed by atoms with Crippen molar-refractivity contribution < 1.29 is 9.53 Å². The molecule has 2 aliphatic carbocycles. The Balaban J connectivity index is 2.14. The Hall–Kier alpha value is -0.370. The molecule has 0 N–H and O–H groups in total. The van der Waals surface area contributed by atoms with E-state index in [0.29, 0.717) is 17.8 Å². The van der Waals surface area contributed by atoms with Crippen molar-refractivity contribution in [1.82, 2.24) is 0 Å². The van der Waals surface area contributed by atoms with E-state index in [1.807, 2.05) is 0 Å². The fourth-order valence-electron chi connectivity index (χ4n) is 3.58. The van der Waals surface area contributed by atoms with E-state index in [1.54, 1.807) is 0 Å². The highest BCUT2D eigenvalue weighted by molar-refractivity contribution is 5.79. The first-order valence-corrected chi connectivity index (χ1v) is 7.01. The van der Waals surface area contributed by atoms with Gasteiger partial charge in [0.05, 0.1) is 11.7 Å². The summed E-state index contributed by atoms with van der Waals surface area (Å²) < 4.78 is 6.28. The summed E-state index contributed by atoms with van der Waals surface area (Å²) >= 11 is 0. The van der Waals surface area contributed by atoms with Crippen LogP contribution in [-0.2, 0) is 9.53 Å². The van der Waals surface area contributed by atoms with Crippen molar-refractivity contribution in [3.8, 4) is 0 Å². The van der Waals surface area contributed by atoms with Gasteiger partial charge in [0.15, 0.2) is 0 Å². The number of ether oxygens (including phenoxy) is 1. The molecule has 2 nitrogen and oxygen atoms in total. The molecule has 0 heterocycles. The molecule has 0 spiro atoms. The Morgan fingerprint density at radius 2 is 2.00 bits per heavy atom. The van der Waals surface area contributed by atoms with Gasteiger partial charge in [0.25, 0.3) is 0 Å². The minimum absolute atomic E-state index is 0.0724. The predicted octanol–water partition coefficient (Wildman–Crippen LogP) is 3.73. The van der Waals surface area contributed by atoms with Gasteiger partial charge in [-0.3, -0.25) is 4.79 Å². The number of ketones is 1. The quantitative estimate of drug-likeness (QED) is 0.696. The third kappa shape index (κ3) is 2.73. The van der Waals surface area contributed by atoms with Gasteiger partial charge in [-0.05, 0) is 51.4 Å². The van der Waals surface area contributed by atoms with Gasteiger partial charge in [-0.2, -0.15) is 0 Å². The number of rotatable bonds is 1. The molecular weight excluding hydrogens is 212 g/mol. The Morgan fingerprint density at radius 1 is 1.29 bits per heavy atom. The zero-order valence-electron chi connectivity index (χ0n) is 11.7. The molecule has 17 heavy (non-hydrogen) atoms. The maximum Gasteiger partial charge on any atom is 0.133 e. The van der Waals surface area contributed by atoms with E-state index in [4.69, 9.17) is 4.74 Å². The Morgan fingerprint density at radius 3 is 2.65 bits per heavy atom. The van der Waals surface area contributed by atoms with Crippen LogP contribution in [0.1, 0.15) is 66.2 Å². The van der Waals surface area contributed by atoms with Gasteiger partial charge in [0, 0.05) is 12.8 Å². The van der Waals surface area contributed by atoms with E-state index in [1.165, 1.54) is 19.3 Å². The van der Waals surface area contributed by atoms with E-state index in [2.05, 4.69) is 27.7 Å². The standard InChI is InChI=1S/C15H26O2/c1-14(2,3)17-13-7-5-6-11-10-12(16)8-9-15(11,13)4/h11,13H,5-10H2,1-4H3/t11-,13-,15+/m1/s1. The molecule has 0 radical (unpaired) electrons. The number of carbonyl (C=O) groups excluding carboxylic acids is 1. The number of carbonyl (C=O) groups is 1. The van der Waals surface area contributed by atoms with E-state index >= 15 is 0 Å². The number of fused-ring (bicyclic) bond motifs is 1. The van der Waals surface area contributed by atoms with Gasteiger partial charge in [-0.25, -0.2) is 0 Å². The fourth-order valence-corrected chi connectivity index (χ4v) is 3.58. The second kappa shape index (κ2) is 4.38. The smallest absolute Gasteiger partial charge is 0.133 e. The van der Waals surface area contributed by atoms with Crippen molar-refractivity contribution in [1.29, 1.82) is 0 Å². The zero-order valence-corrected chi connectivity index (χ0v) is 11.7. The molecule has 0 amide bonds. The molecule has 0 aromatic carbocycles. The summed E-state index contributed by atoms with van der Waals surface area (Å²) in [4.78, 5) is 11.6. The maximum absolute atomic E-state index is 11.6. The monoisotopic (exact) mass is 238 g/mol. The molecule has 3 atom stereocenters. The molecule has 98 valence electrons. The molecule has 0 unspecified atom stereocenters. The van der Waals surface area contributed by atoms with Gasteiger partial charge < -0.3 is 4.74 Å². The molecule has 0 aliphatic heterocycles. The molecule has 2 saturated carbocycles. The van der Waals surface area contributed by atoms with Crippen LogP contribution in [0.15, 0.2) is 0 Å². The summed E-state index contributed by atoms with van der Waals surface area (Å²) in [6.45, 7) is 8.75. The van der Waals surface area contributed by atoms with Crippen LogP contribution in [0.3, 0.4) is 0 Å². The minimum atomic E-state index is -0.0724. The van der Waals surface area contributed by atoms with Gasteiger partial charge in [0.2, 0.25) is 0 Å². The number of Topliss-reactive ketones (excluding diaryl/α,β-unsaturated/α-hetero) is 1. The SMILES string of the molecule is CC(C)(C)O[C@@H]1CCC[C@@H]2CC(=O)CC[C@@]21C. The van der Waals surface area contributed by atoms with Crippen LogP contribution in [0.4, 0.5) is 0 Å². The van der Waals surface area contributed by atoms with Crippen LogP contribution in [0.5, 0.6) is 0 Å². The molecule has 2 fully saturated rings. The third-order valence-electron chi connectivity index (χ3n) is 4.60. The average Bonchev–Trinajstić information content (AvgIpc) is 2.19. The highest BCUT2D eigenvalue weighted by atomic mass is 16.5. The maximum atomic E-state index is 11.6. The second-order valence-electron chi connectivity index (χ2n) is 7.10. The summed E-state index contributed by atoms with van der Waals surface area (Å²) in [5.74, 6) is 1.02. The second-order valence-corrected chi connectivity index (χ2v) is 7.10. The highest BCUT2D eigenvalue weighted by Crippen LogP contribution is 2.51. The first-order valence-electron chi connectivity index (χ1n) is 7.01. The molecule has 2 rings (SSSR count). The van der Waals surface area contributed by atoms with Gasteiger partial charge >= 0.3 is 0 Å². The molecular formula is C15H26O2. The van der Waals surface area contributed by atoms with E-state index in [0.717, 1.165) is 19.3 Å². The first-order chi connectivity index (χ1) is 7.81. The predicted molar refractivity (Wildman–Crippen MR) is 68.9 cm³/mol. The van der Waals surface area contributed by atoms with Crippen molar-refractivity contribution in [3.63, 3.8) is 0 Å². The average molecular weight is 238 g/mol. The lowest BCUT2D eigenvalue weighted by molar-refractivity contribution is -0.163. The first kappa shape index (κ1) is 13.1. The van der Waals surface area contributed by atoms with Crippen LogP contribution >= 0.6 is 0 Å². The molecule has 2 heteroatoms. The lowest BCUT2D eigenvalue weighted by Gasteiger charge is -2.51. The van der Waals surface area contributed by atoms with Crippen LogP contribution in [0.25, 0.3) is 0 Å². The molecule has 0 aromatic rings. The van der Waals surface area contributed by atoms with E-state index in [-0.39, 0.29) is 11.0 Å². The van der Waals surface area contributed by atoms with Crippen LogP contribution in [0, 0.1) is 11.3 Å². The van der Waals surface area contributed by atoms with E-state index in [9.17, 15) is 4.79 Å². The van der Waals surface area contributed by atoms with Crippen molar-refractivity contribution in [2.75, 3.05) is 0 Å². The molecule has 0 aromatic heterocycles. The third-order valence-corrected chi connectivity index (χ3v) is 4.60. The van der Waals surface area contributed by atoms with E-state index < -0.39 is 0 Å². The van der Waals surface area contributed by atoms with Gasteiger partial charge in [0.1, 0.15) is 5.78 Å². The summed E-state index contributed by atoms with van der Waals surface area (Å²) in [6, 6.07) is 0. The van der Waals surface area contributed by atoms with Crippen LogP contribution in [0.2, 0.25) is 0 Å². The van der Waals surface area contributed by atoms with Gasteiger partial charge in [-0.15, -0.1) is 0 Å². The van der Waals surface area contributed by atoms with Crippen LogP contribution < -0.4 is 0 Å². The summed E-state index contributed by atoms with van der Waals surface area (Å²) in [6.07, 6.45) is 6.52. The Bertz CT molecular complexity index is 303. The van der Waals surface area contributed by atoms with Crippen molar-refractivity contribution in [3.05, 3.63) is 0 Å².